The molecule has 1 N–H and O–H groups in total. The summed E-state index contributed by atoms with van der Waals surface area (Å²) in [5.74, 6) is 2.91. The highest BCUT2D eigenvalue weighted by atomic mass is 14.9. The molecule has 1 rings (SSSR count). The predicted octanol–water partition coefficient (Wildman–Crippen LogP) is 4.07. The first-order chi connectivity index (χ1) is 7.06. The summed E-state index contributed by atoms with van der Waals surface area (Å²) in [5, 5.41) is 0. The van der Waals surface area contributed by atoms with E-state index in [0.29, 0.717) is 17.8 Å². The van der Waals surface area contributed by atoms with Crippen molar-refractivity contribution in [3.63, 3.8) is 0 Å². The fourth-order valence-electron chi connectivity index (χ4n) is 1.74. The molecule has 2 atom stereocenters. The van der Waals surface area contributed by atoms with Crippen LogP contribution in [-0.4, -0.2) is 9.97 Å². The van der Waals surface area contributed by atoms with E-state index in [1.807, 2.05) is 6.20 Å². The molecule has 1 aromatic heterocycles. The van der Waals surface area contributed by atoms with E-state index < -0.39 is 0 Å². The minimum absolute atomic E-state index is 0.521. The van der Waals surface area contributed by atoms with Gasteiger partial charge in [-0.1, -0.05) is 41.0 Å². The first kappa shape index (κ1) is 12.3. The zero-order valence-corrected chi connectivity index (χ0v) is 10.7. The molecule has 0 aliphatic heterocycles. The van der Waals surface area contributed by atoms with Crippen LogP contribution in [0.25, 0.3) is 0 Å². The predicted molar refractivity (Wildman–Crippen MR) is 65.2 cm³/mol. The lowest BCUT2D eigenvalue weighted by atomic mass is 9.97. The highest BCUT2D eigenvalue weighted by molar-refractivity contribution is 5.09. The maximum atomic E-state index is 4.49. The van der Waals surface area contributed by atoms with E-state index in [1.165, 1.54) is 18.5 Å². The smallest absolute Gasteiger partial charge is 0.109 e. The molecule has 1 heterocycles. The lowest BCUT2D eigenvalue weighted by molar-refractivity contribution is 0.512. The largest absolute Gasteiger partial charge is 0.345 e. The Hall–Kier alpha value is -0.790. The van der Waals surface area contributed by atoms with Crippen LogP contribution in [-0.2, 0) is 0 Å². The summed E-state index contributed by atoms with van der Waals surface area (Å²) >= 11 is 0. The molecule has 0 fully saturated rings. The molecule has 2 nitrogen and oxygen atoms in total. The standard InChI is InChI=1S/C13H24N2/c1-6-7-10(4)12-8-14-13(15-12)11(5)9(2)3/h8-11H,6-7H2,1-5H3,(H,14,15). The molecule has 0 saturated heterocycles. The van der Waals surface area contributed by atoms with Gasteiger partial charge in [0.25, 0.3) is 0 Å². The first-order valence-corrected chi connectivity index (χ1v) is 6.11. The Labute approximate surface area is 93.5 Å². The summed E-state index contributed by atoms with van der Waals surface area (Å²) in [5.41, 5.74) is 1.29. The second-order valence-corrected chi connectivity index (χ2v) is 4.95. The zero-order valence-electron chi connectivity index (χ0n) is 10.7. The molecule has 0 amide bonds. The number of imidazole rings is 1. The quantitative estimate of drug-likeness (QED) is 0.776. The van der Waals surface area contributed by atoms with Gasteiger partial charge in [-0.3, -0.25) is 0 Å². The van der Waals surface area contributed by atoms with Crippen molar-refractivity contribution in [1.82, 2.24) is 9.97 Å². The number of nitrogens with zero attached hydrogens (tertiary/aromatic N) is 1. The molecule has 86 valence electrons. The van der Waals surface area contributed by atoms with Crippen LogP contribution in [0.2, 0.25) is 0 Å². The maximum Gasteiger partial charge on any atom is 0.109 e. The van der Waals surface area contributed by atoms with Gasteiger partial charge in [-0.2, -0.15) is 0 Å². The van der Waals surface area contributed by atoms with Crippen LogP contribution in [0.15, 0.2) is 6.20 Å². The molecular formula is C13H24N2. The Morgan fingerprint density at radius 1 is 1.27 bits per heavy atom. The molecule has 1 aromatic rings. The Balaban J connectivity index is 2.71. The van der Waals surface area contributed by atoms with Crippen molar-refractivity contribution in [3.05, 3.63) is 17.7 Å². The molecule has 0 radical (unpaired) electrons. The van der Waals surface area contributed by atoms with Crippen molar-refractivity contribution in [3.8, 4) is 0 Å². The minimum Gasteiger partial charge on any atom is -0.345 e. The molecule has 15 heavy (non-hydrogen) atoms. The fourth-order valence-corrected chi connectivity index (χ4v) is 1.74. The lowest BCUT2D eigenvalue weighted by Gasteiger charge is -2.12. The van der Waals surface area contributed by atoms with Crippen LogP contribution in [0.5, 0.6) is 0 Å². The van der Waals surface area contributed by atoms with Crippen LogP contribution < -0.4 is 0 Å². The molecular weight excluding hydrogens is 184 g/mol. The summed E-state index contributed by atoms with van der Waals surface area (Å²) in [6.07, 6.45) is 4.47. The van der Waals surface area contributed by atoms with Crippen LogP contribution in [0, 0.1) is 5.92 Å². The van der Waals surface area contributed by atoms with Crippen molar-refractivity contribution >= 4 is 0 Å². The van der Waals surface area contributed by atoms with Gasteiger partial charge in [-0.15, -0.1) is 0 Å². The van der Waals surface area contributed by atoms with E-state index in [4.69, 9.17) is 0 Å². The lowest BCUT2D eigenvalue weighted by Crippen LogP contribution is -2.04. The van der Waals surface area contributed by atoms with Crippen molar-refractivity contribution in [2.75, 3.05) is 0 Å². The SMILES string of the molecule is CCCC(C)c1cnc(C(C)C(C)C)[nH]1. The number of hydrogen-bond acceptors (Lipinski definition) is 1. The summed E-state index contributed by atoms with van der Waals surface area (Å²) < 4.78 is 0. The first-order valence-electron chi connectivity index (χ1n) is 6.11. The van der Waals surface area contributed by atoms with Crippen LogP contribution >= 0.6 is 0 Å². The van der Waals surface area contributed by atoms with Crippen LogP contribution in [0.1, 0.15) is 70.8 Å². The van der Waals surface area contributed by atoms with Crippen molar-refractivity contribution < 1.29 is 0 Å². The fraction of sp³-hybridized carbons (Fsp3) is 0.769. The van der Waals surface area contributed by atoms with Crippen LogP contribution in [0.3, 0.4) is 0 Å². The molecule has 2 heteroatoms. The Kier molecular flexibility index (Phi) is 4.37. The number of rotatable bonds is 5. The van der Waals surface area contributed by atoms with E-state index in [0.717, 1.165) is 5.82 Å². The highest BCUT2D eigenvalue weighted by Crippen LogP contribution is 2.24. The van der Waals surface area contributed by atoms with E-state index in [2.05, 4.69) is 44.6 Å². The highest BCUT2D eigenvalue weighted by Gasteiger charge is 2.15. The average molecular weight is 208 g/mol. The van der Waals surface area contributed by atoms with E-state index in [1.54, 1.807) is 0 Å². The molecule has 0 saturated carbocycles. The van der Waals surface area contributed by atoms with Gasteiger partial charge in [0.1, 0.15) is 5.82 Å². The number of nitrogens with one attached hydrogen (secondary N) is 1. The van der Waals surface area contributed by atoms with Gasteiger partial charge in [0, 0.05) is 17.8 Å². The Bertz CT molecular complexity index is 288. The Morgan fingerprint density at radius 2 is 1.93 bits per heavy atom. The summed E-state index contributed by atoms with van der Waals surface area (Å²) in [7, 11) is 0. The third-order valence-corrected chi connectivity index (χ3v) is 3.30. The molecule has 0 bridgehead atoms. The van der Waals surface area contributed by atoms with Crippen molar-refractivity contribution in [2.45, 2.75) is 59.3 Å². The van der Waals surface area contributed by atoms with Crippen LogP contribution in [0.4, 0.5) is 0 Å². The normalized spacial score (nSPS) is 15.6. The molecule has 0 aliphatic carbocycles. The van der Waals surface area contributed by atoms with Gasteiger partial charge in [0.2, 0.25) is 0 Å². The van der Waals surface area contributed by atoms with E-state index in [9.17, 15) is 0 Å². The van der Waals surface area contributed by atoms with Gasteiger partial charge < -0.3 is 4.98 Å². The third-order valence-electron chi connectivity index (χ3n) is 3.30. The minimum atomic E-state index is 0.521. The van der Waals surface area contributed by atoms with Gasteiger partial charge in [-0.05, 0) is 18.3 Å². The number of aromatic amines is 1. The maximum absolute atomic E-state index is 4.49. The van der Waals surface area contributed by atoms with E-state index >= 15 is 0 Å². The molecule has 2 unspecified atom stereocenters. The Morgan fingerprint density at radius 3 is 2.47 bits per heavy atom. The number of aromatic nitrogens is 2. The van der Waals surface area contributed by atoms with Gasteiger partial charge >= 0.3 is 0 Å². The summed E-state index contributed by atoms with van der Waals surface area (Å²) in [4.78, 5) is 7.95. The monoisotopic (exact) mass is 208 g/mol. The number of hydrogen-bond donors (Lipinski definition) is 1. The molecule has 0 aliphatic rings. The van der Waals surface area contributed by atoms with Crippen molar-refractivity contribution in [1.29, 1.82) is 0 Å². The van der Waals surface area contributed by atoms with Gasteiger partial charge in [0.05, 0.1) is 0 Å². The second-order valence-electron chi connectivity index (χ2n) is 4.95. The summed E-state index contributed by atoms with van der Waals surface area (Å²) in [6.45, 7) is 11.2. The zero-order chi connectivity index (χ0) is 11.4. The average Bonchev–Trinajstić information content (AvgIpc) is 2.65. The topological polar surface area (TPSA) is 28.7 Å². The van der Waals surface area contributed by atoms with Crippen molar-refractivity contribution in [2.24, 2.45) is 5.92 Å². The molecule has 0 spiro atoms. The molecule has 0 aromatic carbocycles. The van der Waals surface area contributed by atoms with Gasteiger partial charge in [0.15, 0.2) is 0 Å². The second kappa shape index (κ2) is 5.34. The summed E-state index contributed by atoms with van der Waals surface area (Å²) in [6, 6.07) is 0. The third kappa shape index (κ3) is 3.08. The van der Waals surface area contributed by atoms with Gasteiger partial charge in [-0.25, -0.2) is 4.98 Å². The van der Waals surface area contributed by atoms with E-state index in [-0.39, 0.29) is 0 Å². The number of H-pyrrole nitrogens is 1.